The van der Waals surface area contributed by atoms with E-state index in [-0.39, 0.29) is 36.6 Å². The van der Waals surface area contributed by atoms with Gasteiger partial charge in [-0.2, -0.15) is 4.98 Å². The van der Waals surface area contributed by atoms with Crippen molar-refractivity contribution < 1.29 is 24.2 Å². The van der Waals surface area contributed by atoms with Gasteiger partial charge in [0.05, 0.1) is 13.0 Å². The first-order valence-electron chi connectivity index (χ1n) is 9.26. The van der Waals surface area contributed by atoms with E-state index in [9.17, 15) is 9.59 Å². The molecule has 2 amide bonds. The zero-order chi connectivity index (χ0) is 22.1. The molecule has 0 aliphatic carbocycles. The van der Waals surface area contributed by atoms with E-state index >= 15 is 0 Å². The number of amides is 2. The molecule has 2 heterocycles. The quantitative estimate of drug-likeness (QED) is 0.553. The van der Waals surface area contributed by atoms with E-state index in [1.807, 2.05) is 43.3 Å². The highest BCUT2D eigenvalue weighted by atomic mass is 16.5. The monoisotopic (exact) mass is 418 g/mol. The van der Waals surface area contributed by atoms with Gasteiger partial charge in [0.1, 0.15) is 5.75 Å². The van der Waals surface area contributed by atoms with Crippen LogP contribution >= 0.6 is 0 Å². The predicted octanol–water partition coefficient (Wildman–Crippen LogP) is 0.530. The van der Waals surface area contributed by atoms with E-state index in [2.05, 4.69) is 20.5 Å². The lowest BCUT2D eigenvalue weighted by atomic mass is 10.1. The summed E-state index contributed by atoms with van der Waals surface area (Å²) in [5.74, 6) is 0.870. The summed E-state index contributed by atoms with van der Waals surface area (Å²) in [5.41, 5.74) is 0.828. The third kappa shape index (κ3) is 6.27. The number of aromatic nitrogens is 3. The van der Waals surface area contributed by atoms with E-state index in [1.54, 1.807) is 12.0 Å². The molecule has 3 rings (SSSR count). The fourth-order valence-corrected chi connectivity index (χ4v) is 2.89. The maximum absolute atomic E-state index is 12.5. The molecule has 1 fully saturated rings. The number of carboxylic acid groups (broad SMARTS) is 1. The Morgan fingerprint density at radius 1 is 1.40 bits per heavy atom. The second kappa shape index (κ2) is 10.9. The molecule has 1 saturated heterocycles. The number of aromatic amines is 1. The summed E-state index contributed by atoms with van der Waals surface area (Å²) in [6.45, 7) is 1.57. The van der Waals surface area contributed by atoms with E-state index in [4.69, 9.17) is 14.6 Å². The van der Waals surface area contributed by atoms with E-state index in [1.165, 1.54) is 0 Å². The Hall–Kier alpha value is -3.47. The molecule has 11 heteroatoms. The number of benzene rings is 1. The molecule has 0 bridgehead atoms. The van der Waals surface area contributed by atoms with Gasteiger partial charge in [-0.05, 0) is 38.4 Å². The summed E-state index contributed by atoms with van der Waals surface area (Å²) in [7, 11) is 5.51. The number of anilines is 1. The largest absolute Gasteiger partial charge is 0.497 e. The van der Waals surface area contributed by atoms with Crippen LogP contribution in [0.25, 0.3) is 11.4 Å². The minimum absolute atomic E-state index is 0.00547. The summed E-state index contributed by atoms with van der Waals surface area (Å²) >= 11 is 0. The van der Waals surface area contributed by atoms with Crippen LogP contribution in [-0.2, 0) is 14.4 Å². The Kier molecular flexibility index (Phi) is 8.29. The molecule has 1 aliphatic rings. The number of likely N-dealkylation sites (tertiary alicyclic amines) is 1. The third-order valence-corrected chi connectivity index (χ3v) is 4.49. The molecule has 162 valence electrons. The van der Waals surface area contributed by atoms with Gasteiger partial charge in [0.25, 0.3) is 6.47 Å². The summed E-state index contributed by atoms with van der Waals surface area (Å²) < 4.78 is 5.13. The maximum atomic E-state index is 12.5. The lowest BCUT2D eigenvalue weighted by Gasteiger charge is -2.18. The number of ether oxygens (including phenoxy) is 1. The predicted molar refractivity (Wildman–Crippen MR) is 109 cm³/mol. The van der Waals surface area contributed by atoms with Gasteiger partial charge in [0.15, 0.2) is 5.82 Å². The number of likely N-dealkylation sites (N-methyl/N-ethyl adjacent to an activating group) is 1. The Labute approximate surface area is 174 Å². The maximum Gasteiger partial charge on any atom is 0.290 e. The van der Waals surface area contributed by atoms with Crippen LogP contribution in [0.2, 0.25) is 0 Å². The van der Waals surface area contributed by atoms with Crippen molar-refractivity contribution >= 4 is 24.2 Å². The molecule has 2 aromatic rings. The van der Waals surface area contributed by atoms with Crippen molar-refractivity contribution in [2.75, 3.05) is 46.2 Å². The number of H-pyrrole nitrogens is 1. The van der Waals surface area contributed by atoms with Crippen LogP contribution in [0, 0.1) is 5.92 Å². The Morgan fingerprint density at radius 3 is 2.67 bits per heavy atom. The number of nitrogens with one attached hydrogen (secondary N) is 2. The van der Waals surface area contributed by atoms with Gasteiger partial charge in [-0.1, -0.05) is 0 Å². The molecule has 1 aliphatic heterocycles. The number of hydrogen-bond donors (Lipinski definition) is 3. The number of hydrogen-bond acceptors (Lipinski definition) is 7. The van der Waals surface area contributed by atoms with Crippen molar-refractivity contribution in [3.8, 4) is 17.1 Å². The third-order valence-electron chi connectivity index (χ3n) is 4.49. The number of carbonyl (C=O) groups excluding carboxylic acids is 2. The minimum Gasteiger partial charge on any atom is -0.497 e. The van der Waals surface area contributed by atoms with Gasteiger partial charge in [0, 0.05) is 31.6 Å². The van der Waals surface area contributed by atoms with E-state index in [0.717, 1.165) is 17.9 Å². The number of carbonyl (C=O) groups is 3. The van der Waals surface area contributed by atoms with Crippen molar-refractivity contribution in [2.24, 2.45) is 5.92 Å². The zero-order valence-electron chi connectivity index (χ0n) is 17.2. The Balaban J connectivity index is 0.00000101. The smallest absolute Gasteiger partial charge is 0.290 e. The standard InChI is InChI=1S/C18H24N6O3.CH2O2/c1-23(2)8-9-24-11-13(10-15(24)25)17(26)20-18-19-16(21-22-18)12-4-6-14(27-3)7-5-12;2-1-3/h4-7,13H,8-11H2,1-3H3,(H2,19,20,21,22,26);1H,(H,2,3). The molecule has 1 atom stereocenters. The fourth-order valence-electron chi connectivity index (χ4n) is 2.89. The number of methoxy groups -OCH3 is 1. The molecule has 1 aromatic carbocycles. The second-order valence-corrected chi connectivity index (χ2v) is 6.87. The summed E-state index contributed by atoms with van der Waals surface area (Å²) in [5, 5.41) is 16.4. The minimum atomic E-state index is -0.386. The summed E-state index contributed by atoms with van der Waals surface area (Å²) in [4.78, 5) is 40.9. The van der Waals surface area contributed by atoms with Crippen LogP contribution < -0.4 is 10.1 Å². The van der Waals surface area contributed by atoms with Crippen LogP contribution in [-0.4, -0.2) is 89.2 Å². The van der Waals surface area contributed by atoms with Crippen molar-refractivity contribution in [1.29, 1.82) is 0 Å². The lowest BCUT2D eigenvalue weighted by Crippen LogP contribution is -2.34. The SMILES string of the molecule is COc1ccc(-c2nc(NC(=O)C3CC(=O)N(CCN(C)C)C3)n[nH]2)cc1.O=CO. The molecule has 30 heavy (non-hydrogen) atoms. The summed E-state index contributed by atoms with van der Waals surface area (Å²) in [6.07, 6.45) is 0.217. The molecule has 0 saturated carbocycles. The lowest BCUT2D eigenvalue weighted by molar-refractivity contribution is -0.128. The van der Waals surface area contributed by atoms with Crippen LogP contribution in [0.1, 0.15) is 6.42 Å². The molecule has 11 nitrogen and oxygen atoms in total. The van der Waals surface area contributed by atoms with Crippen LogP contribution in [0.4, 0.5) is 5.95 Å². The second-order valence-electron chi connectivity index (χ2n) is 6.87. The highest BCUT2D eigenvalue weighted by Crippen LogP contribution is 2.21. The van der Waals surface area contributed by atoms with Gasteiger partial charge in [-0.25, -0.2) is 0 Å². The topological polar surface area (TPSA) is 141 Å². The van der Waals surface area contributed by atoms with Gasteiger partial charge >= 0.3 is 0 Å². The normalized spacial score (nSPS) is 15.5. The molecule has 0 spiro atoms. The van der Waals surface area contributed by atoms with E-state index in [0.29, 0.717) is 18.9 Å². The first-order valence-corrected chi connectivity index (χ1v) is 9.26. The highest BCUT2D eigenvalue weighted by molar-refractivity contribution is 5.96. The van der Waals surface area contributed by atoms with Gasteiger partial charge in [-0.3, -0.25) is 24.8 Å². The summed E-state index contributed by atoms with van der Waals surface area (Å²) in [6, 6.07) is 7.34. The average molecular weight is 418 g/mol. The average Bonchev–Trinajstić information content (AvgIpc) is 3.33. The first kappa shape index (κ1) is 22.8. The molecule has 1 unspecified atom stereocenters. The van der Waals surface area contributed by atoms with Gasteiger partial charge in [0.2, 0.25) is 17.8 Å². The molecule has 0 radical (unpaired) electrons. The molecule has 1 aromatic heterocycles. The van der Waals surface area contributed by atoms with Crippen LogP contribution in [0.15, 0.2) is 24.3 Å². The van der Waals surface area contributed by atoms with E-state index < -0.39 is 0 Å². The van der Waals surface area contributed by atoms with Crippen LogP contribution in [0.3, 0.4) is 0 Å². The van der Waals surface area contributed by atoms with Gasteiger partial charge in [-0.15, -0.1) is 5.10 Å². The van der Waals surface area contributed by atoms with Gasteiger partial charge < -0.3 is 19.6 Å². The molecular weight excluding hydrogens is 392 g/mol. The van der Waals surface area contributed by atoms with Crippen molar-refractivity contribution in [1.82, 2.24) is 25.0 Å². The van der Waals surface area contributed by atoms with Crippen molar-refractivity contribution in [2.45, 2.75) is 6.42 Å². The molecule has 3 N–H and O–H groups in total. The highest BCUT2D eigenvalue weighted by Gasteiger charge is 2.34. The van der Waals surface area contributed by atoms with Crippen molar-refractivity contribution in [3.05, 3.63) is 24.3 Å². The van der Waals surface area contributed by atoms with Crippen LogP contribution in [0.5, 0.6) is 5.75 Å². The van der Waals surface area contributed by atoms with Crippen molar-refractivity contribution in [3.63, 3.8) is 0 Å². The number of rotatable bonds is 7. The Morgan fingerprint density at radius 2 is 2.07 bits per heavy atom. The fraction of sp³-hybridized carbons (Fsp3) is 0.421. The Bertz CT molecular complexity index is 851. The zero-order valence-corrected chi connectivity index (χ0v) is 17.2. The number of nitrogens with zero attached hydrogens (tertiary/aromatic N) is 4. The molecular formula is C19H26N6O5. The first-order chi connectivity index (χ1) is 14.4.